The summed E-state index contributed by atoms with van der Waals surface area (Å²) >= 11 is 0. The third-order valence-corrected chi connectivity index (χ3v) is 9.33. The van der Waals surface area contributed by atoms with Crippen LogP contribution in [0.1, 0.15) is 55.5 Å². The first-order valence-electron chi connectivity index (χ1n) is 13.1. The average Bonchev–Trinajstić information content (AvgIpc) is 3.42. The molecule has 1 N–H and O–H groups in total. The number of hydrogen-bond acceptors (Lipinski definition) is 5. The van der Waals surface area contributed by atoms with Gasteiger partial charge >= 0.3 is 0 Å². The fourth-order valence-corrected chi connectivity index (χ4v) is 6.80. The van der Waals surface area contributed by atoms with Gasteiger partial charge in [-0.05, 0) is 56.2 Å². The van der Waals surface area contributed by atoms with E-state index in [9.17, 15) is 22.7 Å². The molecule has 0 saturated heterocycles. The van der Waals surface area contributed by atoms with Crippen LogP contribution in [0.3, 0.4) is 0 Å². The molecule has 1 fully saturated rings. The fraction of sp³-hybridized carbons (Fsp3) is 0.483. The second-order valence-electron chi connectivity index (χ2n) is 10.3. The highest BCUT2D eigenvalue weighted by atomic mass is 32.2. The first kappa shape index (κ1) is 28.1. The summed E-state index contributed by atoms with van der Waals surface area (Å²) in [7, 11) is -2.36. The number of aliphatic hydroxyl groups is 1. The molecule has 0 unspecified atom stereocenters. The Balaban J connectivity index is 1.69. The maximum atomic E-state index is 13.7. The number of amides is 1. The molecule has 3 atom stereocenters. The molecular formula is C29H35FN2O5S. The van der Waals surface area contributed by atoms with Gasteiger partial charge in [0.15, 0.2) is 0 Å². The molecule has 1 aliphatic heterocycles. The van der Waals surface area contributed by atoms with E-state index in [1.54, 1.807) is 32.2 Å². The quantitative estimate of drug-likeness (QED) is 0.579. The summed E-state index contributed by atoms with van der Waals surface area (Å²) in [6.07, 6.45) is 3.92. The number of nitrogens with zero attached hydrogens (tertiary/aromatic N) is 2. The molecule has 1 aliphatic carbocycles. The highest BCUT2D eigenvalue weighted by molar-refractivity contribution is 7.89. The second kappa shape index (κ2) is 11.9. The van der Waals surface area contributed by atoms with Crippen molar-refractivity contribution in [2.24, 2.45) is 11.8 Å². The Morgan fingerprint density at radius 2 is 1.97 bits per heavy atom. The average molecular weight is 543 g/mol. The van der Waals surface area contributed by atoms with Gasteiger partial charge in [-0.3, -0.25) is 4.79 Å². The Morgan fingerprint density at radius 3 is 2.66 bits per heavy atom. The van der Waals surface area contributed by atoms with E-state index >= 15 is 0 Å². The van der Waals surface area contributed by atoms with E-state index in [-0.39, 0.29) is 47.7 Å². The molecule has 0 aromatic heterocycles. The van der Waals surface area contributed by atoms with Crippen molar-refractivity contribution in [2.45, 2.75) is 56.6 Å². The van der Waals surface area contributed by atoms with Crippen molar-refractivity contribution in [2.75, 3.05) is 26.7 Å². The summed E-state index contributed by atoms with van der Waals surface area (Å²) in [5, 5.41) is 9.83. The summed E-state index contributed by atoms with van der Waals surface area (Å²) in [5.41, 5.74) is 0.873. The number of ether oxygens (including phenoxy) is 1. The number of sulfonamides is 1. The van der Waals surface area contributed by atoms with Crippen molar-refractivity contribution >= 4 is 15.9 Å². The zero-order valence-corrected chi connectivity index (χ0v) is 22.9. The lowest BCUT2D eigenvalue weighted by molar-refractivity contribution is 0.0563. The summed E-state index contributed by atoms with van der Waals surface area (Å²) in [5.74, 6) is 5.79. The van der Waals surface area contributed by atoms with Gasteiger partial charge < -0.3 is 14.7 Å². The Bertz CT molecular complexity index is 1330. The molecular weight excluding hydrogens is 507 g/mol. The lowest BCUT2D eigenvalue weighted by Gasteiger charge is -2.37. The third kappa shape index (κ3) is 6.20. The molecule has 204 valence electrons. The van der Waals surface area contributed by atoms with Crippen LogP contribution in [0, 0.1) is 29.5 Å². The van der Waals surface area contributed by atoms with Gasteiger partial charge in [0.05, 0.1) is 13.2 Å². The topological polar surface area (TPSA) is 87.2 Å². The second-order valence-corrected chi connectivity index (χ2v) is 12.2. The molecule has 4 rings (SSSR count). The Hall–Kier alpha value is -2.93. The Kier molecular flexibility index (Phi) is 8.76. The smallest absolute Gasteiger partial charge is 0.253 e. The van der Waals surface area contributed by atoms with E-state index in [1.165, 1.54) is 46.3 Å². The largest absolute Gasteiger partial charge is 0.487 e. The molecule has 2 aromatic carbocycles. The van der Waals surface area contributed by atoms with Crippen molar-refractivity contribution in [3.63, 3.8) is 0 Å². The van der Waals surface area contributed by atoms with E-state index in [0.29, 0.717) is 11.5 Å². The maximum absolute atomic E-state index is 13.7. The minimum Gasteiger partial charge on any atom is -0.487 e. The monoisotopic (exact) mass is 542 g/mol. The third-order valence-electron chi connectivity index (χ3n) is 7.32. The molecule has 0 bridgehead atoms. The number of hydrogen-bond donors (Lipinski definition) is 1. The first-order chi connectivity index (χ1) is 18.1. The van der Waals surface area contributed by atoms with Gasteiger partial charge in [0.2, 0.25) is 10.0 Å². The highest BCUT2D eigenvalue weighted by Crippen LogP contribution is 2.34. The van der Waals surface area contributed by atoms with E-state index < -0.39 is 28.0 Å². The fourth-order valence-electron chi connectivity index (χ4n) is 4.97. The van der Waals surface area contributed by atoms with Gasteiger partial charge in [-0.25, -0.2) is 12.8 Å². The molecule has 38 heavy (non-hydrogen) atoms. The molecule has 2 aromatic rings. The van der Waals surface area contributed by atoms with Gasteiger partial charge in [0.25, 0.3) is 5.91 Å². The number of aliphatic hydroxyl groups excluding tert-OH is 1. The lowest BCUT2D eigenvalue weighted by Crippen LogP contribution is -2.50. The molecule has 0 radical (unpaired) electrons. The lowest BCUT2D eigenvalue weighted by atomic mass is 10.0. The Labute approximate surface area is 224 Å². The normalized spacial score (nSPS) is 22.2. The first-order valence-corrected chi connectivity index (χ1v) is 14.5. The molecule has 7 nitrogen and oxygen atoms in total. The summed E-state index contributed by atoms with van der Waals surface area (Å²) in [6, 6.07) is 9.68. The zero-order valence-electron chi connectivity index (χ0n) is 22.1. The van der Waals surface area contributed by atoms with Crippen molar-refractivity contribution in [1.29, 1.82) is 0 Å². The van der Waals surface area contributed by atoms with Gasteiger partial charge in [-0.15, -0.1) is 0 Å². The van der Waals surface area contributed by atoms with Gasteiger partial charge in [0, 0.05) is 42.6 Å². The SMILES string of the molecule is C[C@H]1CN([C@@H](C)CO)S(=O)(=O)c2ccc(C#CC3CCCC3)cc2O[C@H]1CN(C)C(=O)c1cccc(F)c1. The van der Waals surface area contributed by atoms with Crippen molar-refractivity contribution in [3.05, 3.63) is 59.4 Å². The van der Waals surface area contributed by atoms with Crippen LogP contribution in [0.5, 0.6) is 5.75 Å². The number of rotatable bonds is 5. The zero-order chi connectivity index (χ0) is 27.4. The molecule has 1 saturated carbocycles. The van der Waals surface area contributed by atoms with Crippen molar-refractivity contribution in [1.82, 2.24) is 9.21 Å². The minimum absolute atomic E-state index is 0.000210. The van der Waals surface area contributed by atoms with E-state index in [0.717, 1.165) is 12.8 Å². The standard InChI is InChI=1S/C29H35FN2O5S/c1-20-17-32(21(2)19-33)38(35,36)28-14-13-23(12-11-22-7-4-5-8-22)15-26(28)37-27(20)18-31(3)29(34)24-9-6-10-25(30)16-24/h6,9-10,13-16,20-22,27,33H,4-5,7-8,17-19H2,1-3H3/t20-,21-,27-/m0/s1. The number of likely N-dealkylation sites (N-methyl/N-ethyl adjacent to an activating group) is 1. The molecule has 1 amide bonds. The Morgan fingerprint density at radius 1 is 1.24 bits per heavy atom. The van der Waals surface area contributed by atoms with Crippen LogP contribution >= 0.6 is 0 Å². The van der Waals surface area contributed by atoms with Gasteiger partial charge in [0.1, 0.15) is 22.6 Å². The van der Waals surface area contributed by atoms with E-state index in [1.807, 2.05) is 6.92 Å². The summed E-state index contributed by atoms with van der Waals surface area (Å²) in [6.45, 7) is 3.42. The summed E-state index contributed by atoms with van der Waals surface area (Å²) in [4.78, 5) is 14.5. The number of benzene rings is 2. The van der Waals surface area contributed by atoms with Crippen LogP contribution in [0.2, 0.25) is 0 Å². The number of fused-ring (bicyclic) bond motifs is 1. The van der Waals surface area contributed by atoms with Crippen LogP contribution < -0.4 is 4.74 Å². The van der Waals surface area contributed by atoms with Gasteiger partial charge in [-0.1, -0.05) is 37.7 Å². The maximum Gasteiger partial charge on any atom is 0.253 e. The van der Waals surface area contributed by atoms with Crippen molar-refractivity contribution in [3.8, 4) is 17.6 Å². The van der Waals surface area contributed by atoms with Crippen LogP contribution in [0.15, 0.2) is 47.4 Å². The molecule has 1 heterocycles. The predicted octanol–water partition coefficient (Wildman–Crippen LogP) is 3.91. The number of carbonyl (C=O) groups excluding carboxylic acids is 1. The molecule has 0 spiro atoms. The highest BCUT2D eigenvalue weighted by Gasteiger charge is 2.38. The van der Waals surface area contributed by atoms with Gasteiger partial charge in [-0.2, -0.15) is 4.31 Å². The van der Waals surface area contributed by atoms with Crippen molar-refractivity contribution < 1.29 is 27.4 Å². The predicted molar refractivity (Wildman–Crippen MR) is 143 cm³/mol. The number of halogens is 1. The summed E-state index contributed by atoms with van der Waals surface area (Å²) < 4.78 is 48.7. The van der Waals surface area contributed by atoms with E-state index in [4.69, 9.17) is 4.74 Å². The van der Waals surface area contributed by atoms with Crippen LogP contribution in [-0.4, -0.2) is 67.5 Å². The number of carbonyl (C=O) groups is 1. The van der Waals surface area contributed by atoms with E-state index in [2.05, 4.69) is 11.8 Å². The minimum atomic E-state index is -3.97. The van der Waals surface area contributed by atoms with Crippen LogP contribution in [0.4, 0.5) is 4.39 Å². The van der Waals surface area contributed by atoms with Crippen LogP contribution in [-0.2, 0) is 10.0 Å². The molecule has 2 aliphatic rings. The molecule has 9 heteroatoms. The van der Waals surface area contributed by atoms with Crippen LogP contribution in [0.25, 0.3) is 0 Å².